The van der Waals surface area contributed by atoms with Crippen molar-refractivity contribution in [3.63, 3.8) is 0 Å². The molecule has 1 heteroatoms. The molecule has 3 aliphatic rings. The Bertz CT molecular complexity index is 2680. The van der Waals surface area contributed by atoms with Crippen LogP contribution in [-0.4, -0.2) is 0 Å². The summed E-state index contributed by atoms with van der Waals surface area (Å²) < 4.78 is 0. The molecule has 1 nitrogen and oxygen atoms in total. The van der Waals surface area contributed by atoms with Crippen molar-refractivity contribution in [1.29, 1.82) is 0 Å². The summed E-state index contributed by atoms with van der Waals surface area (Å²) in [5.74, 6) is 2.93. The number of anilines is 3. The SMILES string of the molecule is CC1CC2CC(C)C3(c4ccccc4-c4c(-c5ccc(N(c6ccc(-c7ccccc7)cc6)c6ccc(-c7ccccc7)cc6)c6ccccc56)cccc43)C(C1)C2. The van der Waals surface area contributed by atoms with Gasteiger partial charge in [-0.3, -0.25) is 0 Å². The van der Waals surface area contributed by atoms with Crippen molar-refractivity contribution in [3.05, 3.63) is 199 Å². The number of fused-ring (bicyclic) bond motifs is 9. The standard InChI is InChI=1S/C57H49N/c1-38-34-40-36-39(2)57(45(35-38)37-40)53-22-12-11-20-52(53)56-51(21-13-23-54(56)57)49-32-33-55(50-19-10-9-18-48(49)50)58(46-28-24-43(25-29-46)41-14-5-3-6-15-41)47-30-26-44(27-31-47)42-16-7-4-8-17-42/h3-33,38-40,45H,34-37H2,1-2H3. The van der Waals surface area contributed by atoms with Crippen LogP contribution in [0.2, 0.25) is 0 Å². The van der Waals surface area contributed by atoms with Crippen LogP contribution in [0.4, 0.5) is 17.1 Å². The highest BCUT2D eigenvalue weighted by Gasteiger charge is 2.56. The Morgan fingerprint density at radius 2 is 0.966 bits per heavy atom. The maximum Gasteiger partial charge on any atom is 0.0540 e. The molecule has 8 aromatic carbocycles. The first kappa shape index (κ1) is 35.0. The predicted molar refractivity (Wildman–Crippen MR) is 245 cm³/mol. The fourth-order valence-electron chi connectivity index (χ4n) is 12.0. The lowest BCUT2D eigenvalue weighted by molar-refractivity contribution is 0.0426. The summed E-state index contributed by atoms with van der Waals surface area (Å²) in [6.45, 7) is 5.08. The van der Waals surface area contributed by atoms with Gasteiger partial charge in [-0.25, -0.2) is 0 Å². The van der Waals surface area contributed by atoms with Gasteiger partial charge in [0.1, 0.15) is 0 Å². The maximum absolute atomic E-state index is 2.57. The van der Waals surface area contributed by atoms with E-state index in [1.165, 1.54) is 86.7 Å². The first-order valence-electron chi connectivity index (χ1n) is 21.4. The zero-order valence-corrected chi connectivity index (χ0v) is 33.5. The molecule has 0 amide bonds. The number of rotatable bonds is 6. The first-order valence-corrected chi connectivity index (χ1v) is 21.4. The van der Waals surface area contributed by atoms with Crippen LogP contribution in [0.25, 0.3) is 55.3 Å². The highest BCUT2D eigenvalue weighted by atomic mass is 15.1. The lowest BCUT2D eigenvalue weighted by atomic mass is 9.49. The van der Waals surface area contributed by atoms with E-state index in [1.807, 2.05) is 0 Å². The van der Waals surface area contributed by atoms with Crippen LogP contribution < -0.4 is 4.90 Å². The predicted octanol–water partition coefficient (Wildman–Crippen LogP) is 15.7. The molecule has 5 atom stereocenters. The third-order valence-corrected chi connectivity index (χ3v) is 14.2. The zero-order valence-electron chi connectivity index (χ0n) is 33.5. The average Bonchev–Trinajstić information content (AvgIpc) is 3.58. The van der Waals surface area contributed by atoms with Crippen molar-refractivity contribution < 1.29 is 0 Å². The van der Waals surface area contributed by atoms with Crippen molar-refractivity contribution in [2.75, 3.05) is 4.90 Å². The van der Waals surface area contributed by atoms with Gasteiger partial charge in [-0.15, -0.1) is 0 Å². The molecule has 0 radical (unpaired) electrons. The third kappa shape index (κ3) is 5.51. The summed E-state index contributed by atoms with van der Waals surface area (Å²) in [5, 5.41) is 2.52. The number of nitrogens with zero attached hydrogens (tertiary/aromatic N) is 1. The highest BCUT2D eigenvalue weighted by Crippen LogP contribution is 2.65. The Balaban J connectivity index is 1.08. The smallest absolute Gasteiger partial charge is 0.0540 e. The minimum absolute atomic E-state index is 0.0669. The molecule has 2 fully saturated rings. The molecular formula is C57H49N. The molecule has 58 heavy (non-hydrogen) atoms. The molecular weight excluding hydrogens is 699 g/mol. The van der Waals surface area contributed by atoms with Gasteiger partial charge in [0.15, 0.2) is 0 Å². The van der Waals surface area contributed by atoms with Crippen LogP contribution in [0.1, 0.15) is 50.7 Å². The van der Waals surface area contributed by atoms with Crippen LogP contribution in [0.15, 0.2) is 188 Å². The van der Waals surface area contributed by atoms with Crippen LogP contribution >= 0.6 is 0 Å². The molecule has 2 saturated carbocycles. The molecule has 0 aromatic heterocycles. The van der Waals surface area contributed by atoms with Gasteiger partial charge in [0.05, 0.1) is 5.69 Å². The van der Waals surface area contributed by atoms with Gasteiger partial charge < -0.3 is 4.90 Å². The normalized spacial score (nSPS) is 21.8. The van der Waals surface area contributed by atoms with Gasteiger partial charge in [-0.05, 0) is 141 Å². The largest absolute Gasteiger partial charge is 0.310 e. The van der Waals surface area contributed by atoms with Crippen molar-refractivity contribution in [2.24, 2.45) is 23.7 Å². The molecule has 0 aliphatic heterocycles. The molecule has 0 heterocycles. The molecule has 1 spiro atoms. The zero-order chi connectivity index (χ0) is 38.8. The van der Waals surface area contributed by atoms with Gasteiger partial charge in [0.25, 0.3) is 0 Å². The van der Waals surface area contributed by atoms with Gasteiger partial charge in [-0.2, -0.15) is 0 Å². The summed E-state index contributed by atoms with van der Waals surface area (Å²) >= 11 is 0. The highest BCUT2D eigenvalue weighted by molar-refractivity contribution is 6.09. The fourth-order valence-corrected chi connectivity index (χ4v) is 12.0. The van der Waals surface area contributed by atoms with E-state index in [0.29, 0.717) is 11.8 Å². The second-order valence-corrected chi connectivity index (χ2v) is 17.5. The van der Waals surface area contributed by atoms with E-state index in [2.05, 4.69) is 207 Å². The lowest BCUT2D eigenvalue weighted by Gasteiger charge is -2.54. The van der Waals surface area contributed by atoms with Crippen LogP contribution in [-0.2, 0) is 5.41 Å². The van der Waals surface area contributed by atoms with E-state index in [-0.39, 0.29) is 5.41 Å². The van der Waals surface area contributed by atoms with E-state index in [4.69, 9.17) is 0 Å². The van der Waals surface area contributed by atoms with Crippen LogP contribution in [0.5, 0.6) is 0 Å². The maximum atomic E-state index is 2.57. The van der Waals surface area contributed by atoms with Gasteiger partial charge in [0, 0.05) is 22.2 Å². The van der Waals surface area contributed by atoms with E-state index in [1.54, 1.807) is 11.1 Å². The topological polar surface area (TPSA) is 3.24 Å². The molecule has 0 saturated heterocycles. The molecule has 8 aromatic rings. The Hall–Kier alpha value is -6.18. The van der Waals surface area contributed by atoms with Crippen molar-refractivity contribution in [1.82, 2.24) is 0 Å². The van der Waals surface area contributed by atoms with Crippen molar-refractivity contribution in [2.45, 2.75) is 44.9 Å². The molecule has 0 N–H and O–H groups in total. The monoisotopic (exact) mass is 747 g/mol. The van der Waals surface area contributed by atoms with Gasteiger partial charge in [0.2, 0.25) is 0 Å². The van der Waals surface area contributed by atoms with Gasteiger partial charge in [-0.1, -0.05) is 172 Å². The Kier molecular flexibility index (Phi) is 8.47. The van der Waals surface area contributed by atoms with Crippen molar-refractivity contribution >= 4 is 27.8 Å². The quantitative estimate of drug-likeness (QED) is 0.164. The molecule has 11 rings (SSSR count). The fraction of sp³-hybridized carbons (Fsp3) is 0.193. The Labute approximate surface area is 343 Å². The Morgan fingerprint density at radius 1 is 0.414 bits per heavy atom. The summed E-state index contributed by atoms with van der Waals surface area (Å²) in [7, 11) is 0. The number of hydrogen-bond acceptors (Lipinski definition) is 1. The van der Waals surface area contributed by atoms with Crippen LogP contribution in [0.3, 0.4) is 0 Å². The summed E-state index contributed by atoms with van der Waals surface area (Å²) in [6, 6.07) is 70.1. The summed E-state index contributed by atoms with van der Waals surface area (Å²) in [4.78, 5) is 2.44. The van der Waals surface area contributed by atoms with E-state index in [9.17, 15) is 0 Å². The molecule has 2 bridgehead atoms. The van der Waals surface area contributed by atoms with E-state index in [0.717, 1.165) is 23.2 Å². The third-order valence-electron chi connectivity index (χ3n) is 14.2. The summed E-state index contributed by atoms with van der Waals surface area (Å²) in [6.07, 6.45) is 5.41. The minimum Gasteiger partial charge on any atom is -0.310 e. The van der Waals surface area contributed by atoms with E-state index >= 15 is 0 Å². The molecule has 5 unspecified atom stereocenters. The summed E-state index contributed by atoms with van der Waals surface area (Å²) in [5.41, 5.74) is 17.1. The molecule has 282 valence electrons. The first-order chi connectivity index (χ1) is 28.6. The number of benzene rings is 8. The average molecular weight is 748 g/mol. The Morgan fingerprint density at radius 3 is 1.64 bits per heavy atom. The number of hydrogen-bond donors (Lipinski definition) is 0. The van der Waals surface area contributed by atoms with E-state index < -0.39 is 0 Å². The molecule has 3 aliphatic carbocycles. The second kappa shape index (κ2) is 14.0. The van der Waals surface area contributed by atoms with Gasteiger partial charge >= 0.3 is 0 Å². The second-order valence-electron chi connectivity index (χ2n) is 17.5. The lowest BCUT2D eigenvalue weighted by Crippen LogP contribution is -2.49. The van der Waals surface area contributed by atoms with Crippen molar-refractivity contribution in [3.8, 4) is 44.5 Å². The van der Waals surface area contributed by atoms with Crippen LogP contribution in [0, 0.1) is 23.7 Å². The minimum atomic E-state index is 0.0669.